The van der Waals surface area contributed by atoms with Gasteiger partial charge in [0.2, 0.25) is 0 Å². The van der Waals surface area contributed by atoms with E-state index in [9.17, 15) is 10.2 Å². The molecule has 0 aromatic heterocycles. The Labute approximate surface area is 78.0 Å². The van der Waals surface area contributed by atoms with Crippen LogP contribution in [-0.2, 0) is 6.54 Å². The minimum absolute atomic E-state index is 0.238. The first kappa shape index (κ1) is 9.86. The number of aromatic hydroxyl groups is 2. The van der Waals surface area contributed by atoms with E-state index in [0.29, 0.717) is 12.1 Å². The molecule has 0 atom stereocenters. The first-order valence-electron chi connectivity index (χ1n) is 4.23. The Hall–Kier alpha value is -1.22. The van der Waals surface area contributed by atoms with E-state index in [4.69, 9.17) is 0 Å². The molecular formula is C10H15NO2. The van der Waals surface area contributed by atoms with Crippen LogP contribution in [0.25, 0.3) is 0 Å². The Morgan fingerprint density at radius 1 is 1.31 bits per heavy atom. The Kier molecular flexibility index (Phi) is 2.78. The van der Waals surface area contributed by atoms with E-state index in [1.807, 2.05) is 0 Å². The van der Waals surface area contributed by atoms with Crippen LogP contribution >= 0.6 is 0 Å². The van der Waals surface area contributed by atoms with Crippen molar-refractivity contribution in [2.75, 3.05) is 7.05 Å². The van der Waals surface area contributed by atoms with Gasteiger partial charge in [-0.05, 0) is 38.1 Å². The molecule has 0 spiro atoms. The normalized spacial score (nSPS) is 10.4. The smallest absolute Gasteiger partial charge is 0.121 e. The van der Waals surface area contributed by atoms with Gasteiger partial charge in [0.1, 0.15) is 11.5 Å². The topological polar surface area (TPSA) is 52.5 Å². The summed E-state index contributed by atoms with van der Waals surface area (Å²) in [4.78, 5) is 0. The largest absolute Gasteiger partial charge is 0.508 e. The Morgan fingerprint density at radius 2 is 1.92 bits per heavy atom. The van der Waals surface area contributed by atoms with E-state index in [2.05, 4.69) is 5.32 Å². The van der Waals surface area contributed by atoms with Gasteiger partial charge in [0.15, 0.2) is 0 Å². The molecule has 1 aromatic carbocycles. The highest BCUT2D eigenvalue weighted by atomic mass is 16.3. The van der Waals surface area contributed by atoms with Gasteiger partial charge < -0.3 is 15.5 Å². The van der Waals surface area contributed by atoms with Crippen molar-refractivity contribution in [1.29, 1.82) is 0 Å². The Bertz CT molecular complexity index is 321. The second kappa shape index (κ2) is 3.66. The third kappa shape index (κ3) is 1.75. The van der Waals surface area contributed by atoms with Gasteiger partial charge in [-0.1, -0.05) is 0 Å². The molecule has 1 rings (SSSR count). The monoisotopic (exact) mass is 181 g/mol. The van der Waals surface area contributed by atoms with Crippen molar-refractivity contribution >= 4 is 0 Å². The standard InChI is InChI=1S/C10H15NO2/c1-6-4-9(12)8(5-11-3)7(2)10(6)13/h4,11-13H,5H2,1-3H3. The second-order valence-corrected chi connectivity index (χ2v) is 3.20. The highest BCUT2D eigenvalue weighted by Crippen LogP contribution is 2.31. The number of rotatable bonds is 2. The first-order chi connectivity index (χ1) is 6.07. The van der Waals surface area contributed by atoms with E-state index in [-0.39, 0.29) is 11.5 Å². The molecule has 1 aromatic rings. The molecule has 13 heavy (non-hydrogen) atoms. The van der Waals surface area contributed by atoms with Crippen molar-refractivity contribution in [2.24, 2.45) is 0 Å². The quantitative estimate of drug-likeness (QED) is 0.605. The van der Waals surface area contributed by atoms with E-state index in [1.54, 1.807) is 27.0 Å². The molecule has 3 nitrogen and oxygen atoms in total. The van der Waals surface area contributed by atoms with Gasteiger partial charge in [0, 0.05) is 12.1 Å². The summed E-state index contributed by atoms with van der Waals surface area (Å²) in [5.74, 6) is 0.505. The number of phenols is 2. The summed E-state index contributed by atoms with van der Waals surface area (Å²) in [6.07, 6.45) is 0. The van der Waals surface area contributed by atoms with Crippen molar-refractivity contribution in [3.8, 4) is 11.5 Å². The molecule has 0 saturated carbocycles. The Morgan fingerprint density at radius 3 is 2.46 bits per heavy atom. The summed E-state index contributed by atoms with van der Waals surface area (Å²) < 4.78 is 0. The van der Waals surface area contributed by atoms with Crippen LogP contribution in [0.4, 0.5) is 0 Å². The molecule has 0 bridgehead atoms. The maximum absolute atomic E-state index is 9.60. The second-order valence-electron chi connectivity index (χ2n) is 3.20. The van der Waals surface area contributed by atoms with Crippen molar-refractivity contribution in [3.05, 3.63) is 22.8 Å². The van der Waals surface area contributed by atoms with E-state index in [0.717, 1.165) is 11.1 Å². The van der Waals surface area contributed by atoms with E-state index < -0.39 is 0 Å². The number of hydrogen-bond donors (Lipinski definition) is 3. The van der Waals surface area contributed by atoms with Crippen LogP contribution in [0.15, 0.2) is 6.07 Å². The lowest BCUT2D eigenvalue weighted by molar-refractivity contribution is 0.445. The van der Waals surface area contributed by atoms with Crippen molar-refractivity contribution in [3.63, 3.8) is 0 Å². The molecule has 0 aliphatic rings. The minimum Gasteiger partial charge on any atom is -0.508 e. The van der Waals surface area contributed by atoms with Gasteiger partial charge in [0.05, 0.1) is 0 Å². The van der Waals surface area contributed by atoms with Crippen LogP contribution in [0.5, 0.6) is 11.5 Å². The van der Waals surface area contributed by atoms with Crippen LogP contribution < -0.4 is 5.32 Å². The maximum atomic E-state index is 9.60. The molecule has 0 heterocycles. The molecule has 0 unspecified atom stereocenters. The fourth-order valence-corrected chi connectivity index (χ4v) is 1.39. The highest BCUT2D eigenvalue weighted by molar-refractivity contribution is 5.51. The highest BCUT2D eigenvalue weighted by Gasteiger charge is 2.10. The lowest BCUT2D eigenvalue weighted by Gasteiger charge is -2.11. The van der Waals surface area contributed by atoms with Gasteiger partial charge in [0.25, 0.3) is 0 Å². The third-order valence-electron chi connectivity index (χ3n) is 2.20. The van der Waals surface area contributed by atoms with E-state index >= 15 is 0 Å². The van der Waals surface area contributed by atoms with Gasteiger partial charge in [-0.3, -0.25) is 0 Å². The van der Waals surface area contributed by atoms with Gasteiger partial charge in [-0.25, -0.2) is 0 Å². The van der Waals surface area contributed by atoms with Crippen LogP contribution in [0.2, 0.25) is 0 Å². The number of nitrogens with one attached hydrogen (secondary N) is 1. The zero-order chi connectivity index (χ0) is 10.0. The molecule has 0 fully saturated rings. The van der Waals surface area contributed by atoms with Crippen molar-refractivity contribution in [1.82, 2.24) is 5.32 Å². The number of phenolic OH excluding ortho intramolecular Hbond substituents is 2. The molecule has 72 valence electrons. The molecule has 0 aliphatic carbocycles. The molecule has 3 N–H and O–H groups in total. The molecule has 3 heteroatoms. The summed E-state index contributed by atoms with van der Waals surface area (Å²) >= 11 is 0. The summed E-state index contributed by atoms with van der Waals surface area (Å²) in [6, 6.07) is 1.58. The first-order valence-corrected chi connectivity index (χ1v) is 4.23. The lowest BCUT2D eigenvalue weighted by Crippen LogP contribution is -2.07. The van der Waals surface area contributed by atoms with Crippen LogP contribution in [0.1, 0.15) is 16.7 Å². The number of hydrogen-bond acceptors (Lipinski definition) is 3. The van der Waals surface area contributed by atoms with E-state index in [1.165, 1.54) is 0 Å². The summed E-state index contributed by atoms with van der Waals surface area (Å²) in [6.45, 7) is 4.13. The molecule has 0 aliphatic heterocycles. The van der Waals surface area contributed by atoms with Gasteiger partial charge in [-0.15, -0.1) is 0 Å². The zero-order valence-corrected chi connectivity index (χ0v) is 8.18. The average molecular weight is 181 g/mol. The molecular weight excluding hydrogens is 166 g/mol. The van der Waals surface area contributed by atoms with Gasteiger partial charge >= 0.3 is 0 Å². The minimum atomic E-state index is 0.238. The maximum Gasteiger partial charge on any atom is 0.121 e. The van der Waals surface area contributed by atoms with Gasteiger partial charge in [-0.2, -0.15) is 0 Å². The zero-order valence-electron chi connectivity index (χ0n) is 8.18. The molecule has 0 saturated heterocycles. The summed E-state index contributed by atoms with van der Waals surface area (Å²) in [5, 5.41) is 22.1. The fourth-order valence-electron chi connectivity index (χ4n) is 1.39. The van der Waals surface area contributed by atoms with Crippen molar-refractivity contribution < 1.29 is 10.2 Å². The average Bonchev–Trinajstić information content (AvgIpc) is 2.09. The van der Waals surface area contributed by atoms with Crippen molar-refractivity contribution in [2.45, 2.75) is 20.4 Å². The van der Waals surface area contributed by atoms with Crippen LogP contribution in [0, 0.1) is 13.8 Å². The Balaban J connectivity index is 3.26. The predicted octanol–water partition coefficient (Wildman–Crippen LogP) is 1.43. The van der Waals surface area contributed by atoms with Crippen LogP contribution in [-0.4, -0.2) is 17.3 Å². The fraction of sp³-hybridized carbons (Fsp3) is 0.400. The SMILES string of the molecule is CNCc1c(O)cc(C)c(O)c1C. The van der Waals surface area contributed by atoms with Crippen LogP contribution in [0.3, 0.4) is 0 Å². The molecule has 0 radical (unpaired) electrons. The lowest BCUT2D eigenvalue weighted by atomic mass is 10.0. The summed E-state index contributed by atoms with van der Waals surface area (Å²) in [7, 11) is 1.80. The number of aryl methyl sites for hydroxylation is 1. The summed E-state index contributed by atoms with van der Waals surface area (Å²) in [5.41, 5.74) is 2.20. The predicted molar refractivity (Wildman–Crippen MR) is 52.0 cm³/mol. The number of benzene rings is 1. The third-order valence-corrected chi connectivity index (χ3v) is 2.20. The molecule has 0 amide bonds.